The number of ether oxygens (including phenoxy) is 1. The molecule has 34 heavy (non-hydrogen) atoms. The maximum atomic E-state index is 12.6. The number of benzene rings is 3. The van der Waals surface area contributed by atoms with Gasteiger partial charge in [-0.1, -0.05) is 42.0 Å². The molecular weight excluding hydrogens is 446 g/mol. The van der Waals surface area contributed by atoms with Crippen LogP contribution in [0.25, 0.3) is 0 Å². The fourth-order valence-corrected chi connectivity index (χ4v) is 4.17. The number of nitrogens with zero attached hydrogens (tertiary/aromatic N) is 2. The van der Waals surface area contributed by atoms with Crippen LogP contribution in [0.2, 0.25) is 0 Å². The fourth-order valence-electron chi connectivity index (χ4n) is 3.40. The molecule has 1 heterocycles. The first-order valence-corrected chi connectivity index (χ1v) is 12.0. The molecule has 1 amide bonds. The van der Waals surface area contributed by atoms with Crippen molar-refractivity contribution in [1.82, 2.24) is 0 Å². The normalized spacial score (nSPS) is 12.6. The van der Waals surface area contributed by atoms with Gasteiger partial charge in [-0.3, -0.25) is 9.79 Å². The fraction of sp³-hybridized carbons (Fsp3) is 0.185. The highest BCUT2D eigenvalue weighted by Gasteiger charge is 2.17. The molecule has 172 valence electrons. The van der Waals surface area contributed by atoms with E-state index in [1.54, 1.807) is 31.2 Å². The summed E-state index contributed by atoms with van der Waals surface area (Å²) in [7, 11) is 0. The molecule has 0 aromatic heterocycles. The topological polar surface area (TPSA) is 80.1 Å². The van der Waals surface area contributed by atoms with Gasteiger partial charge in [0.2, 0.25) is 5.91 Å². The molecule has 0 bridgehead atoms. The van der Waals surface area contributed by atoms with Crippen LogP contribution in [0, 0.1) is 6.92 Å². The molecule has 1 aliphatic rings. The van der Waals surface area contributed by atoms with Gasteiger partial charge in [-0.15, -0.1) is 11.8 Å². The number of hydrogen-bond acceptors (Lipinski definition) is 6. The number of amides is 1. The number of para-hydroxylation sites is 2. The Morgan fingerprint density at radius 3 is 2.29 bits per heavy atom. The zero-order chi connectivity index (χ0) is 23.9. The van der Waals surface area contributed by atoms with Crippen molar-refractivity contribution in [3.05, 3.63) is 89.5 Å². The van der Waals surface area contributed by atoms with Crippen molar-refractivity contribution in [3.63, 3.8) is 0 Å². The number of aliphatic imine (C=N–C) groups is 2. The maximum absolute atomic E-state index is 12.6. The van der Waals surface area contributed by atoms with Crippen LogP contribution in [0.3, 0.4) is 0 Å². The first-order valence-electron chi connectivity index (χ1n) is 11.0. The van der Waals surface area contributed by atoms with Gasteiger partial charge in [0.05, 0.1) is 40.1 Å². The van der Waals surface area contributed by atoms with E-state index < -0.39 is 0 Å². The van der Waals surface area contributed by atoms with E-state index in [2.05, 4.69) is 36.5 Å². The summed E-state index contributed by atoms with van der Waals surface area (Å²) in [5, 5.41) is 3.70. The molecule has 6 nitrogen and oxygen atoms in total. The molecule has 4 rings (SSSR count). The van der Waals surface area contributed by atoms with Crippen molar-refractivity contribution in [2.45, 2.75) is 20.3 Å². The molecule has 0 fully saturated rings. The quantitative estimate of drug-likeness (QED) is 0.441. The van der Waals surface area contributed by atoms with Gasteiger partial charge in [-0.25, -0.2) is 9.79 Å². The number of esters is 1. The lowest BCUT2D eigenvalue weighted by molar-refractivity contribution is -0.113. The van der Waals surface area contributed by atoms with Crippen molar-refractivity contribution >= 4 is 51.5 Å². The summed E-state index contributed by atoms with van der Waals surface area (Å²) in [6, 6.07) is 22.7. The number of aryl methyl sites for hydroxylation is 1. The minimum atomic E-state index is -0.381. The average molecular weight is 472 g/mol. The van der Waals surface area contributed by atoms with E-state index in [0.717, 1.165) is 27.7 Å². The van der Waals surface area contributed by atoms with Crippen molar-refractivity contribution in [2.24, 2.45) is 9.98 Å². The standard InChI is InChI=1S/C27H25N3O3S/c1-3-33-27(32)20-12-14-21(15-13-20)28-25(31)17-34-26-16-24(19-10-8-18(2)9-11-19)29-22-6-4-5-7-23(22)30-26/h4-15H,3,16-17H2,1-2H3,(H,28,31). The Kier molecular flexibility index (Phi) is 7.54. The lowest BCUT2D eigenvalue weighted by atomic mass is 10.1. The van der Waals surface area contributed by atoms with Crippen LogP contribution in [0.15, 0.2) is 82.8 Å². The predicted molar refractivity (Wildman–Crippen MR) is 139 cm³/mol. The summed E-state index contributed by atoms with van der Waals surface area (Å²) in [5.41, 5.74) is 5.83. The summed E-state index contributed by atoms with van der Waals surface area (Å²) >= 11 is 1.40. The van der Waals surface area contributed by atoms with Crippen molar-refractivity contribution in [2.75, 3.05) is 17.7 Å². The van der Waals surface area contributed by atoms with Gasteiger partial charge in [0.25, 0.3) is 0 Å². The molecule has 3 aromatic rings. The number of hydrogen-bond donors (Lipinski definition) is 1. The third-order valence-electron chi connectivity index (χ3n) is 5.14. The lowest BCUT2D eigenvalue weighted by Crippen LogP contribution is -2.16. The van der Waals surface area contributed by atoms with Gasteiger partial charge in [0.15, 0.2) is 0 Å². The Morgan fingerprint density at radius 2 is 1.62 bits per heavy atom. The Balaban J connectivity index is 1.44. The minimum absolute atomic E-state index is 0.150. The second-order valence-electron chi connectivity index (χ2n) is 7.73. The van der Waals surface area contributed by atoms with Crippen LogP contribution >= 0.6 is 11.8 Å². The molecule has 7 heteroatoms. The first-order chi connectivity index (χ1) is 16.5. The molecule has 0 unspecified atom stereocenters. The second kappa shape index (κ2) is 10.9. The number of anilines is 1. The lowest BCUT2D eigenvalue weighted by Gasteiger charge is -2.09. The smallest absolute Gasteiger partial charge is 0.338 e. The van der Waals surface area contributed by atoms with Gasteiger partial charge in [0.1, 0.15) is 0 Å². The van der Waals surface area contributed by atoms with Gasteiger partial charge in [-0.2, -0.15) is 0 Å². The van der Waals surface area contributed by atoms with E-state index in [1.807, 2.05) is 24.3 Å². The molecule has 3 aromatic carbocycles. The number of fused-ring (bicyclic) bond motifs is 1. The number of rotatable bonds is 6. The zero-order valence-electron chi connectivity index (χ0n) is 19.1. The van der Waals surface area contributed by atoms with Gasteiger partial charge in [-0.05, 0) is 55.8 Å². The van der Waals surface area contributed by atoms with E-state index in [4.69, 9.17) is 14.7 Å². The molecule has 0 spiro atoms. The van der Waals surface area contributed by atoms with Crippen LogP contribution < -0.4 is 5.32 Å². The number of carbonyl (C=O) groups excluding carboxylic acids is 2. The molecule has 0 radical (unpaired) electrons. The van der Waals surface area contributed by atoms with Crippen molar-refractivity contribution in [3.8, 4) is 0 Å². The Labute approximate surface area is 203 Å². The highest BCUT2D eigenvalue weighted by Crippen LogP contribution is 2.33. The number of thioether (sulfide) groups is 1. The molecule has 0 saturated carbocycles. The van der Waals surface area contributed by atoms with Crippen molar-refractivity contribution in [1.29, 1.82) is 0 Å². The third-order valence-corrected chi connectivity index (χ3v) is 6.11. The van der Waals surface area contributed by atoms with Gasteiger partial charge >= 0.3 is 5.97 Å². The Hall–Kier alpha value is -3.71. The summed E-state index contributed by atoms with van der Waals surface area (Å²) < 4.78 is 4.98. The van der Waals surface area contributed by atoms with Crippen LogP contribution in [0.1, 0.15) is 34.8 Å². The maximum Gasteiger partial charge on any atom is 0.338 e. The predicted octanol–water partition coefficient (Wildman–Crippen LogP) is 6.10. The Bertz CT molecular complexity index is 1250. The summed E-state index contributed by atoms with van der Waals surface area (Å²) in [6.07, 6.45) is 0.546. The largest absolute Gasteiger partial charge is 0.462 e. The van der Waals surface area contributed by atoms with Crippen LogP contribution in [-0.4, -0.2) is 35.0 Å². The van der Waals surface area contributed by atoms with Crippen LogP contribution in [-0.2, 0) is 9.53 Å². The Morgan fingerprint density at radius 1 is 0.941 bits per heavy atom. The number of nitrogens with one attached hydrogen (secondary N) is 1. The molecule has 1 N–H and O–H groups in total. The van der Waals surface area contributed by atoms with E-state index >= 15 is 0 Å². The molecule has 1 aliphatic heterocycles. The highest BCUT2D eigenvalue weighted by molar-refractivity contribution is 8.14. The van der Waals surface area contributed by atoms with Gasteiger partial charge < -0.3 is 10.1 Å². The molecule has 0 aliphatic carbocycles. The monoisotopic (exact) mass is 471 g/mol. The SMILES string of the molecule is CCOC(=O)c1ccc(NC(=O)CSC2=Nc3ccccc3N=C(c3ccc(C)cc3)C2)cc1. The van der Waals surface area contributed by atoms with E-state index in [-0.39, 0.29) is 17.6 Å². The summed E-state index contributed by atoms with van der Waals surface area (Å²) in [6.45, 7) is 4.13. The van der Waals surface area contributed by atoms with E-state index in [0.29, 0.717) is 24.3 Å². The highest BCUT2D eigenvalue weighted by atomic mass is 32.2. The molecular formula is C27H25N3O3S. The molecule has 0 atom stereocenters. The second-order valence-corrected chi connectivity index (χ2v) is 8.78. The van der Waals surface area contributed by atoms with Crippen LogP contribution in [0.4, 0.5) is 17.1 Å². The van der Waals surface area contributed by atoms with Gasteiger partial charge in [0, 0.05) is 12.1 Å². The van der Waals surface area contributed by atoms with E-state index in [9.17, 15) is 9.59 Å². The van der Waals surface area contributed by atoms with E-state index in [1.165, 1.54) is 17.3 Å². The number of carbonyl (C=O) groups is 2. The zero-order valence-corrected chi connectivity index (χ0v) is 19.9. The van der Waals surface area contributed by atoms with Crippen LogP contribution in [0.5, 0.6) is 0 Å². The third kappa shape index (κ3) is 5.99. The molecule has 0 saturated heterocycles. The first kappa shape index (κ1) is 23.4. The minimum Gasteiger partial charge on any atom is -0.462 e. The summed E-state index contributed by atoms with van der Waals surface area (Å²) in [4.78, 5) is 34.0. The van der Waals surface area contributed by atoms with Crippen molar-refractivity contribution < 1.29 is 14.3 Å². The summed E-state index contributed by atoms with van der Waals surface area (Å²) in [5.74, 6) is -0.321. The average Bonchev–Trinajstić information content (AvgIpc) is 3.03.